The largest absolute Gasteiger partial charge is 0.345 e. The van der Waals surface area contributed by atoms with Crippen LogP contribution in [0.1, 0.15) is 0 Å². The van der Waals surface area contributed by atoms with Gasteiger partial charge in [-0.2, -0.15) is 4.31 Å². The van der Waals surface area contributed by atoms with Crippen LogP contribution < -0.4 is 4.90 Å². The van der Waals surface area contributed by atoms with Crippen molar-refractivity contribution in [2.24, 2.45) is 0 Å². The summed E-state index contributed by atoms with van der Waals surface area (Å²) in [6.45, 7) is 1.61. The van der Waals surface area contributed by atoms with Crippen LogP contribution in [0.3, 0.4) is 0 Å². The summed E-state index contributed by atoms with van der Waals surface area (Å²) >= 11 is 1.53. The van der Waals surface area contributed by atoms with Crippen LogP contribution >= 0.6 is 11.3 Å². The smallest absolute Gasteiger partial charge is 0.270 e. The number of benzene rings is 2. The van der Waals surface area contributed by atoms with Crippen LogP contribution in [-0.2, 0) is 10.0 Å². The van der Waals surface area contributed by atoms with E-state index in [0.717, 1.165) is 22.5 Å². The molecular formula is C19H18N4O4S2. The quantitative estimate of drug-likeness (QED) is 0.455. The molecule has 0 saturated carbocycles. The highest BCUT2D eigenvalue weighted by Gasteiger charge is 2.30. The molecule has 150 valence electrons. The normalized spacial score (nSPS) is 15.4. The summed E-state index contributed by atoms with van der Waals surface area (Å²) in [6, 6.07) is 15.1. The lowest BCUT2D eigenvalue weighted by molar-refractivity contribution is -0.385. The molecule has 10 heteroatoms. The Labute approximate surface area is 172 Å². The number of nitrogens with zero attached hydrogens (tertiary/aromatic N) is 4. The lowest BCUT2D eigenvalue weighted by Gasteiger charge is -2.33. The van der Waals surface area contributed by atoms with E-state index in [1.165, 1.54) is 33.8 Å². The highest BCUT2D eigenvalue weighted by molar-refractivity contribution is 7.89. The van der Waals surface area contributed by atoms with Gasteiger partial charge in [-0.1, -0.05) is 36.4 Å². The van der Waals surface area contributed by atoms with Crippen LogP contribution in [-0.4, -0.2) is 48.8 Å². The number of aromatic nitrogens is 1. The average molecular weight is 431 g/mol. The van der Waals surface area contributed by atoms with E-state index in [-0.39, 0.29) is 10.6 Å². The SMILES string of the molecule is O=[N+]([O-])c1cccc(S(=O)(=O)N2CCN(c3nc(-c4ccccc4)cs3)CC2)c1. The Kier molecular flexibility index (Phi) is 5.31. The number of piperazine rings is 1. The Balaban J connectivity index is 1.46. The molecule has 0 bridgehead atoms. The van der Waals surface area contributed by atoms with E-state index in [1.807, 2.05) is 35.7 Å². The first-order valence-electron chi connectivity index (χ1n) is 8.96. The lowest BCUT2D eigenvalue weighted by Crippen LogP contribution is -2.48. The number of anilines is 1. The fourth-order valence-electron chi connectivity index (χ4n) is 3.18. The van der Waals surface area contributed by atoms with Crippen molar-refractivity contribution in [3.05, 3.63) is 70.1 Å². The third-order valence-corrected chi connectivity index (χ3v) is 7.53. The maximum Gasteiger partial charge on any atom is 0.270 e. The number of nitro benzene ring substituents is 1. The van der Waals surface area contributed by atoms with Crippen molar-refractivity contribution in [2.75, 3.05) is 31.1 Å². The minimum absolute atomic E-state index is 0.0548. The third-order valence-electron chi connectivity index (χ3n) is 4.74. The molecule has 0 atom stereocenters. The number of hydrogen-bond donors (Lipinski definition) is 0. The van der Waals surface area contributed by atoms with Crippen molar-refractivity contribution >= 4 is 32.2 Å². The number of thiazole rings is 1. The topological polar surface area (TPSA) is 96.6 Å². The summed E-state index contributed by atoms with van der Waals surface area (Å²) in [6.07, 6.45) is 0. The van der Waals surface area contributed by atoms with Gasteiger partial charge in [-0.3, -0.25) is 10.1 Å². The van der Waals surface area contributed by atoms with E-state index >= 15 is 0 Å². The van der Waals surface area contributed by atoms with E-state index in [4.69, 9.17) is 0 Å². The summed E-state index contributed by atoms with van der Waals surface area (Å²) in [5, 5.41) is 13.8. The predicted molar refractivity (Wildman–Crippen MR) is 112 cm³/mol. The van der Waals surface area contributed by atoms with Gasteiger partial charge in [0.25, 0.3) is 5.69 Å². The van der Waals surface area contributed by atoms with Gasteiger partial charge >= 0.3 is 0 Å². The summed E-state index contributed by atoms with van der Waals surface area (Å²) in [7, 11) is -3.78. The number of nitro groups is 1. The summed E-state index contributed by atoms with van der Waals surface area (Å²) in [5.41, 5.74) is 1.71. The van der Waals surface area contributed by atoms with Crippen molar-refractivity contribution in [1.82, 2.24) is 9.29 Å². The molecule has 29 heavy (non-hydrogen) atoms. The molecule has 0 amide bonds. The van der Waals surface area contributed by atoms with Crippen LogP contribution in [0.25, 0.3) is 11.3 Å². The Hall–Kier alpha value is -2.82. The van der Waals surface area contributed by atoms with Gasteiger partial charge in [0.15, 0.2) is 5.13 Å². The second-order valence-electron chi connectivity index (χ2n) is 6.53. The zero-order chi connectivity index (χ0) is 20.4. The van der Waals surface area contributed by atoms with E-state index in [0.29, 0.717) is 26.2 Å². The van der Waals surface area contributed by atoms with E-state index in [2.05, 4.69) is 9.88 Å². The minimum Gasteiger partial charge on any atom is -0.345 e. The fourth-order valence-corrected chi connectivity index (χ4v) is 5.53. The van der Waals surface area contributed by atoms with Crippen molar-refractivity contribution in [3.8, 4) is 11.3 Å². The van der Waals surface area contributed by atoms with Gasteiger partial charge in [-0.05, 0) is 6.07 Å². The molecule has 1 aliphatic rings. The molecule has 1 saturated heterocycles. The fraction of sp³-hybridized carbons (Fsp3) is 0.211. The van der Waals surface area contributed by atoms with Crippen molar-refractivity contribution in [1.29, 1.82) is 0 Å². The molecule has 2 aromatic carbocycles. The maximum atomic E-state index is 12.9. The monoisotopic (exact) mass is 430 g/mol. The molecule has 0 N–H and O–H groups in total. The third kappa shape index (κ3) is 4.00. The summed E-state index contributed by atoms with van der Waals surface area (Å²) in [4.78, 5) is 17.0. The first-order chi connectivity index (χ1) is 13.9. The van der Waals surface area contributed by atoms with Gasteiger partial charge in [0.05, 0.1) is 15.5 Å². The lowest BCUT2D eigenvalue weighted by atomic mass is 10.2. The van der Waals surface area contributed by atoms with Crippen LogP contribution in [0.5, 0.6) is 0 Å². The first kappa shape index (κ1) is 19.5. The van der Waals surface area contributed by atoms with Gasteiger partial charge in [-0.25, -0.2) is 13.4 Å². The average Bonchev–Trinajstić information content (AvgIpc) is 3.25. The number of sulfonamides is 1. The first-order valence-corrected chi connectivity index (χ1v) is 11.3. The summed E-state index contributed by atoms with van der Waals surface area (Å²) in [5.74, 6) is 0. The molecule has 0 aliphatic carbocycles. The molecular weight excluding hydrogens is 412 g/mol. The van der Waals surface area contributed by atoms with Gasteiger partial charge < -0.3 is 4.90 Å². The van der Waals surface area contributed by atoms with E-state index < -0.39 is 14.9 Å². The van der Waals surface area contributed by atoms with E-state index in [1.54, 1.807) is 0 Å². The van der Waals surface area contributed by atoms with Crippen LogP contribution in [0.15, 0.2) is 64.9 Å². The Morgan fingerprint density at radius 3 is 2.41 bits per heavy atom. The molecule has 8 nitrogen and oxygen atoms in total. The van der Waals surface area contributed by atoms with Crippen LogP contribution in [0, 0.1) is 10.1 Å². The van der Waals surface area contributed by atoms with Crippen molar-refractivity contribution < 1.29 is 13.3 Å². The molecule has 4 rings (SSSR count). The molecule has 1 aliphatic heterocycles. The van der Waals surface area contributed by atoms with E-state index in [9.17, 15) is 18.5 Å². The molecule has 0 unspecified atom stereocenters. The van der Waals surface area contributed by atoms with Gasteiger partial charge in [-0.15, -0.1) is 11.3 Å². The maximum absolute atomic E-state index is 12.9. The van der Waals surface area contributed by atoms with Crippen molar-refractivity contribution in [3.63, 3.8) is 0 Å². The predicted octanol–water partition coefficient (Wildman–Crippen LogP) is 3.23. The number of rotatable bonds is 5. The summed E-state index contributed by atoms with van der Waals surface area (Å²) < 4.78 is 27.1. The zero-order valence-corrected chi connectivity index (χ0v) is 17.0. The number of non-ortho nitro benzene ring substituents is 1. The molecule has 3 aromatic rings. The second kappa shape index (κ2) is 7.90. The van der Waals surface area contributed by atoms with Gasteiger partial charge in [0.2, 0.25) is 10.0 Å². The highest BCUT2D eigenvalue weighted by atomic mass is 32.2. The second-order valence-corrected chi connectivity index (χ2v) is 9.30. The van der Waals surface area contributed by atoms with Gasteiger partial charge in [0.1, 0.15) is 0 Å². The molecule has 1 aromatic heterocycles. The molecule has 1 fully saturated rings. The Morgan fingerprint density at radius 1 is 1.00 bits per heavy atom. The Morgan fingerprint density at radius 2 is 1.72 bits per heavy atom. The van der Waals surface area contributed by atoms with Gasteiger partial charge in [0, 0.05) is 49.3 Å². The zero-order valence-electron chi connectivity index (χ0n) is 15.3. The molecule has 0 spiro atoms. The molecule has 0 radical (unpaired) electrons. The minimum atomic E-state index is -3.78. The highest BCUT2D eigenvalue weighted by Crippen LogP contribution is 2.29. The van der Waals surface area contributed by atoms with Crippen molar-refractivity contribution in [2.45, 2.75) is 4.90 Å². The van der Waals surface area contributed by atoms with Crippen LogP contribution in [0.2, 0.25) is 0 Å². The molecule has 2 heterocycles. The van der Waals surface area contributed by atoms with Crippen LogP contribution in [0.4, 0.5) is 10.8 Å². The standard InChI is InChI=1S/C19H18N4O4S2/c24-23(25)16-7-4-8-17(13-16)29(26,27)22-11-9-21(10-12-22)19-20-18(14-28-19)15-5-2-1-3-6-15/h1-8,13-14H,9-12H2. The Bertz CT molecular complexity index is 1120. The number of hydrogen-bond acceptors (Lipinski definition) is 7.